The molecule has 2 saturated heterocycles. The Morgan fingerprint density at radius 3 is 2.60 bits per heavy atom. The van der Waals surface area contributed by atoms with Gasteiger partial charge in [-0.15, -0.1) is 0 Å². The first kappa shape index (κ1) is 27.5. The minimum Gasteiger partial charge on any atom is -0.495 e. The fourth-order valence-corrected chi connectivity index (χ4v) is 7.43. The Kier molecular flexibility index (Phi) is 8.04. The number of aromatic amines is 1. The predicted octanol–water partition coefficient (Wildman–Crippen LogP) is 4.06. The number of sulfonamides is 1. The van der Waals surface area contributed by atoms with E-state index in [1.54, 1.807) is 28.7 Å². The molecule has 6 rings (SSSR count). The van der Waals surface area contributed by atoms with Crippen LogP contribution >= 0.6 is 11.6 Å². The molecule has 0 atom stereocenters. The van der Waals surface area contributed by atoms with E-state index in [9.17, 15) is 8.42 Å². The number of ether oxygens (including phenoxy) is 2. The molecule has 3 fully saturated rings. The lowest BCUT2D eigenvalue weighted by Gasteiger charge is -2.39. The van der Waals surface area contributed by atoms with Crippen LogP contribution in [0.15, 0.2) is 29.3 Å². The number of nitrogens with one attached hydrogen (secondary N) is 3. The van der Waals surface area contributed by atoms with Crippen molar-refractivity contribution in [3.05, 3.63) is 29.4 Å². The van der Waals surface area contributed by atoms with E-state index in [2.05, 4.69) is 25.5 Å². The van der Waals surface area contributed by atoms with Gasteiger partial charge in [0.15, 0.2) is 0 Å². The van der Waals surface area contributed by atoms with E-state index in [-0.39, 0.29) is 4.90 Å². The molecule has 1 saturated carbocycles. The summed E-state index contributed by atoms with van der Waals surface area (Å²) in [5.74, 6) is 2.03. The number of H-pyrrole nitrogens is 1. The zero-order valence-corrected chi connectivity index (χ0v) is 24.2. The van der Waals surface area contributed by atoms with Crippen molar-refractivity contribution in [2.24, 2.45) is 5.92 Å². The van der Waals surface area contributed by atoms with Crippen LogP contribution in [-0.2, 0) is 14.8 Å². The Labute approximate surface area is 239 Å². The molecule has 0 radical (unpaired) electrons. The van der Waals surface area contributed by atoms with Gasteiger partial charge < -0.3 is 25.1 Å². The second-order valence-electron chi connectivity index (χ2n) is 10.7. The minimum absolute atomic E-state index is 0.204. The lowest BCUT2D eigenvalue weighted by Crippen LogP contribution is -2.50. The normalized spacial score (nSPS) is 19.9. The lowest BCUT2D eigenvalue weighted by molar-refractivity contribution is 0.00610. The average molecular weight is 590 g/mol. The Balaban J connectivity index is 1.18. The topological polar surface area (TPSA) is 125 Å². The summed E-state index contributed by atoms with van der Waals surface area (Å²) in [6.45, 7) is 5.13. The van der Waals surface area contributed by atoms with Crippen LogP contribution < -0.4 is 15.4 Å². The highest BCUT2D eigenvalue weighted by atomic mass is 35.5. The number of halogens is 1. The largest absolute Gasteiger partial charge is 0.495 e. The van der Waals surface area contributed by atoms with Gasteiger partial charge >= 0.3 is 0 Å². The second kappa shape index (κ2) is 11.7. The number of nitrogens with zero attached hydrogens (tertiary/aromatic N) is 4. The molecule has 2 aromatic heterocycles. The fraction of sp³-hybridized carbons (Fsp3) is 0.556. The van der Waals surface area contributed by atoms with E-state index in [4.69, 9.17) is 26.1 Å². The van der Waals surface area contributed by atoms with Crippen molar-refractivity contribution < 1.29 is 17.9 Å². The zero-order valence-electron chi connectivity index (χ0n) is 22.7. The molecular formula is C27H36ClN7O4S. The number of aromatic nitrogens is 3. The molecule has 11 nitrogen and oxygen atoms in total. The number of morpholine rings is 1. The van der Waals surface area contributed by atoms with E-state index < -0.39 is 10.0 Å². The van der Waals surface area contributed by atoms with Gasteiger partial charge in [-0.3, -0.25) is 4.90 Å². The van der Waals surface area contributed by atoms with Crippen molar-refractivity contribution in [3.63, 3.8) is 0 Å². The number of methoxy groups -OCH3 is 1. The number of hydrogen-bond donors (Lipinski definition) is 3. The van der Waals surface area contributed by atoms with Gasteiger partial charge in [-0.2, -0.15) is 14.3 Å². The number of benzene rings is 1. The van der Waals surface area contributed by atoms with Crippen LogP contribution in [-0.4, -0.2) is 91.7 Å². The number of anilines is 3. The van der Waals surface area contributed by atoms with Gasteiger partial charge in [-0.1, -0.05) is 18.0 Å². The molecule has 3 aliphatic rings. The van der Waals surface area contributed by atoms with Crippen LogP contribution in [0.1, 0.15) is 32.1 Å². The lowest BCUT2D eigenvalue weighted by atomic mass is 9.85. The van der Waals surface area contributed by atoms with E-state index >= 15 is 0 Å². The number of rotatable bonds is 9. The van der Waals surface area contributed by atoms with Crippen molar-refractivity contribution in [1.29, 1.82) is 0 Å². The first-order valence-electron chi connectivity index (χ1n) is 14.0. The fourth-order valence-electron chi connectivity index (χ4n) is 5.71. The second-order valence-corrected chi connectivity index (χ2v) is 13.0. The van der Waals surface area contributed by atoms with Crippen molar-refractivity contribution in [1.82, 2.24) is 24.2 Å². The molecule has 13 heteroatoms. The highest BCUT2D eigenvalue weighted by molar-refractivity contribution is 7.89. The third-order valence-corrected chi connectivity index (χ3v) is 10.5. The number of fused-ring (bicyclic) bond motifs is 1. The van der Waals surface area contributed by atoms with Crippen molar-refractivity contribution >= 4 is 50.1 Å². The van der Waals surface area contributed by atoms with Crippen molar-refractivity contribution in [2.75, 3.05) is 63.7 Å². The van der Waals surface area contributed by atoms with Crippen LogP contribution in [0.3, 0.4) is 0 Å². The molecule has 0 spiro atoms. The first-order chi connectivity index (χ1) is 19.4. The van der Waals surface area contributed by atoms with Crippen molar-refractivity contribution in [3.8, 4) is 5.75 Å². The molecule has 0 amide bonds. The van der Waals surface area contributed by atoms with Crippen LogP contribution in [0, 0.1) is 5.92 Å². The summed E-state index contributed by atoms with van der Waals surface area (Å²) < 4.78 is 39.7. The molecule has 3 N–H and O–H groups in total. The van der Waals surface area contributed by atoms with Gasteiger partial charge in [-0.25, -0.2) is 8.42 Å². The molecule has 4 heterocycles. The summed E-state index contributed by atoms with van der Waals surface area (Å²) in [4.78, 5) is 15.0. The molecule has 2 aliphatic heterocycles. The average Bonchev–Trinajstić information content (AvgIpc) is 3.33. The van der Waals surface area contributed by atoms with Gasteiger partial charge in [0.25, 0.3) is 0 Å². The summed E-state index contributed by atoms with van der Waals surface area (Å²) in [7, 11) is -2.14. The molecule has 3 aromatic rings. The van der Waals surface area contributed by atoms with E-state index in [0.717, 1.165) is 51.1 Å². The third kappa shape index (κ3) is 5.60. The maximum absolute atomic E-state index is 13.5. The highest BCUT2D eigenvalue weighted by Gasteiger charge is 2.32. The Hall–Kier alpha value is -2.64. The molecule has 40 heavy (non-hydrogen) atoms. The monoisotopic (exact) mass is 589 g/mol. The summed E-state index contributed by atoms with van der Waals surface area (Å²) in [5.41, 5.74) is 1.17. The van der Waals surface area contributed by atoms with Crippen LogP contribution in [0.25, 0.3) is 11.0 Å². The molecule has 1 aromatic carbocycles. The molecule has 0 bridgehead atoms. The first-order valence-corrected chi connectivity index (χ1v) is 15.8. The van der Waals surface area contributed by atoms with Crippen LogP contribution in [0.4, 0.5) is 17.5 Å². The molecule has 0 unspecified atom stereocenters. The molecular weight excluding hydrogens is 554 g/mol. The van der Waals surface area contributed by atoms with E-state index in [1.165, 1.54) is 26.4 Å². The Morgan fingerprint density at radius 2 is 1.90 bits per heavy atom. The Bertz CT molecular complexity index is 1450. The van der Waals surface area contributed by atoms with Gasteiger partial charge in [0.05, 0.1) is 41.3 Å². The highest BCUT2D eigenvalue weighted by Crippen LogP contribution is 2.35. The van der Waals surface area contributed by atoms with Gasteiger partial charge in [0, 0.05) is 51.0 Å². The molecule has 216 valence electrons. The van der Waals surface area contributed by atoms with Gasteiger partial charge in [0.1, 0.15) is 17.2 Å². The summed E-state index contributed by atoms with van der Waals surface area (Å²) in [6.07, 6.45) is 7.02. The third-order valence-electron chi connectivity index (χ3n) is 8.31. The van der Waals surface area contributed by atoms with Crippen LogP contribution in [0.5, 0.6) is 5.75 Å². The summed E-state index contributed by atoms with van der Waals surface area (Å²) >= 11 is 6.41. The predicted molar refractivity (Wildman–Crippen MR) is 155 cm³/mol. The minimum atomic E-state index is -3.66. The Morgan fingerprint density at radius 1 is 1.12 bits per heavy atom. The van der Waals surface area contributed by atoms with E-state index in [1.807, 2.05) is 0 Å². The number of piperidine rings is 1. The quantitative estimate of drug-likeness (QED) is 0.339. The van der Waals surface area contributed by atoms with E-state index in [0.29, 0.717) is 58.9 Å². The number of hydrogen-bond acceptors (Lipinski definition) is 9. The van der Waals surface area contributed by atoms with Gasteiger partial charge in [0.2, 0.25) is 16.0 Å². The van der Waals surface area contributed by atoms with Gasteiger partial charge in [-0.05, 0) is 43.7 Å². The van der Waals surface area contributed by atoms with Crippen LogP contribution in [0.2, 0.25) is 5.02 Å². The zero-order chi connectivity index (χ0) is 27.7. The standard InChI is InChI=1S/C27H36ClN7O4S/c1-38-23-15-20(40(36,37)35-9-7-19(8-10-35)34-11-13-39-14-12-34)5-6-22(23)31-27-32-25(29-16-18-3-2-4-18)24-21(28)17-30-26(24)33-27/h5-6,15,17-19H,2-4,7-14,16H2,1H3,(H3,29,30,31,32,33). The summed E-state index contributed by atoms with van der Waals surface area (Å²) in [5, 5.41) is 7.95. The smallest absolute Gasteiger partial charge is 0.243 e. The maximum Gasteiger partial charge on any atom is 0.243 e. The SMILES string of the molecule is COc1cc(S(=O)(=O)N2CCC(N3CCOCC3)CC2)ccc1Nc1nc(NCC2CCC2)c2c(Cl)c[nH]c2n1. The van der Waals surface area contributed by atoms with Crippen molar-refractivity contribution in [2.45, 2.75) is 43.0 Å². The molecule has 1 aliphatic carbocycles. The summed E-state index contributed by atoms with van der Waals surface area (Å²) in [6, 6.07) is 5.26. The maximum atomic E-state index is 13.5.